The first-order chi connectivity index (χ1) is 12.6. The average Bonchev–Trinajstić information content (AvgIpc) is 2.60. The molecule has 27 heavy (non-hydrogen) atoms. The molecule has 6 nitrogen and oxygen atoms in total. The number of likely N-dealkylation sites (tertiary alicyclic amines) is 1. The van der Waals surface area contributed by atoms with E-state index in [1.807, 2.05) is 32.0 Å². The molecule has 2 amide bonds. The number of carboxylic acids is 1. The molecular weight excluding hydrogens is 344 g/mol. The van der Waals surface area contributed by atoms with E-state index in [9.17, 15) is 14.4 Å². The molecule has 2 N–H and O–H groups in total. The van der Waals surface area contributed by atoms with Crippen LogP contribution in [-0.2, 0) is 9.59 Å². The first-order valence-electron chi connectivity index (χ1n) is 9.49. The summed E-state index contributed by atoms with van der Waals surface area (Å²) in [6, 6.07) is 5.79. The van der Waals surface area contributed by atoms with Gasteiger partial charge in [-0.15, -0.1) is 0 Å². The largest absolute Gasteiger partial charge is 0.481 e. The number of rotatable bonds is 6. The van der Waals surface area contributed by atoms with Crippen LogP contribution in [0.1, 0.15) is 54.6 Å². The number of carboxylic acid groups (broad SMARTS) is 1. The Morgan fingerprint density at radius 2 is 1.81 bits per heavy atom. The van der Waals surface area contributed by atoms with Crippen LogP contribution < -0.4 is 5.32 Å². The second-order valence-corrected chi connectivity index (χ2v) is 8.20. The van der Waals surface area contributed by atoms with Crippen molar-refractivity contribution in [1.82, 2.24) is 10.2 Å². The molecule has 1 aromatic carbocycles. The Labute approximate surface area is 160 Å². The summed E-state index contributed by atoms with van der Waals surface area (Å²) in [5.41, 5.74) is 1.89. The van der Waals surface area contributed by atoms with E-state index in [0.717, 1.165) is 24.0 Å². The van der Waals surface area contributed by atoms with Crippen molar-refractivity contribution in [3.05, 3.63) is 34.9 Å². The van der Waals surface area contributed by atoms with E-state index in [2.05, 4.69) is 5.32 Å². The summed E-state index contributed by atoms with van der Waals surface area (Å²) in [7, 11) is 0. The summed E-state index contributed by atoms with van der Waals surface area (Å²) in [6.07, 6.45) is 1.89. The second-order valence-electron chi connectivity index (χ2n) is 8.20. The summed E-state index contributed by atoms with van der Waals surface area (Å²) in [5.74, 6) is -1.26. The second kappa shape index (κ2) is 8.55. The highest BCUT2D eigenvalue weighted by atomic mass is 16.4. The molecule has 1 fully saturated rings. The molecule has 1 unspecified atom stereocenters. The van der Waals surface area contributed by atoms with Gasteiger partial charge < -0.3 is 15.3 Å². The lowest BCUT2D eigenvalue weighted by Crippen LogP contribution is -2.46. The number of nitrogens with one attached hydrogen (secondary N) is 1. The van der Waals surface area contributed by atoms with Gasteiger partial charge in [-0.1, -0.05) is 17.2 Å². The topological polar surface area (TPSA) is 86.7 Å². The number of amides is 2. The van der Waals surface area contributed by atoms with Crippen LogP contribution in [0.2, 0.25) is 0 Å². The molecule has 0 aromatic heterocycles. The number of hydrogen-bond donors (Lipinski definition) is 2. The fourth-order valence-corrected chi connectivity index (χ4v) is 3.41. The van der Waals surface area contributed by atoms with Gasteiger partial charge >= 0.3 is 5.97 Å². The number of piperidine rings is 1. The van der Waals surface area contributed by atoms with Gasteiger partial charge in [-0.25, -0.2) is 0 Å². The van der Waals surface area contributed by atoms with E-state index < -0.39 is 11.4 Å². The SMILES string of the molecule is Cc1cc(C)cc(C(=O)N2CCCC(C(=O)NCCC(C)(C)C(=O)O)C2)c1. The fraction of sp³-hybridized carbons (Fsp3) is 0.571. The zero-order valence-corrected chi connectivity index (χ0v) is 16.7. The lowest BCUT2D eigenvalue weighted by Gasteiger charge is -2.32. The Bertz CT molecular complexity index is 707. The van der Waals surface area contributed by atoms with E-state index in [-0.39, 0.29) is 17.7 Å². The highest BCUT2D eigenvalue weighted by molar-refractivity contribution is 5.95. The minimum atomic E-state index is -0.875. The van der Waals surface area contributed by atoms with Gasteiger partial charge in [0, 0.05) is 25.2 Å². The molecule has 0 spiro atoms. The molecule has 2 rings (SSSR count). The highest BCUT2D eigenvalue weighted by Crippen LogP contribution is 2.22. The number of hydrogen-bond acceptors (Lipinski definition) is 3. The van der Waals surface area contributed by atoms with Crippen LogP contribution in [0, 0.1) is 25.2 Å². The minimum Gasteiger partial charge on any atom is -0.481 e. The van der Waals surface area contributed by atoms with Gasteiger partial charge in [-0.2, -0.15) is 0 Å². The van der Waals surface area contributed by atoms with E-state index in [1.165, 1.54) is 0 Å². The maximum absolute atomic E-state index is 12.8. The van der Waals surface area contributed by atoms with Gasteiger partial charge in [-0.3, -0.25) is 14.4 Å². The Balaban J connectivity index is 1.93. The lowest BCUT2D eigenvalue weighted by molar-refractivity contribution is -0.147. The first kappa shape index (κ1) is 20.9. The van der Waals surface area contributed by atoms with Crippen molar-refractivity contribution in [1.29, 1.82) is 0 Å². The van der Waals surface area contributed by atoms with Crippen molar-refractivity contribution in [2.24, 2.45) is 11.3 Å². The number of benzene rings is 1. The van der Waals surface area contributed by atoms with Crippen LogP contribution in [0.4, 0.5) is 0 Å². The number of nitrogens with zero attached hydrogens (tertiary/aromatic N) is 1. The van der Waals surface area contributed by atoms with Crippen molar-refractivity contribution in [3.63, 3.8) is 0 Å². The molecule has 0 bridgehead atoms. The predicted octanol–water partition coefficient (Wildman–Crippen LogP) is 2.77. The molecular formula is C21H30N2O4. The maximum Gasteiger partial charge on any atom is 0.309 e. The average molecular weight is 374 g/mol. The van der Waals surface area contributed by atoms with E-state index in [4.69, 9.17) is 5.11 Å². The van der Waals surface area contributed by atoms with Crippen LogP contribution in [0.15, 0.2) is 18.2 Å². The van der Waals surface area contributed by atoms with Gasteiger partial charge in [-0.05, 0) is 59.1 Å². The molecule has 0 aliphatic carbocycles. The summed E-state index contributed by atoms with van der Waals surface area (Å²) in [4.78, 5) is 38.2. The molecule has 1 heterocycles. The molecule has 6 heteroatoms. The Kier molecular flexibility index (Phi) is 6.63. The monoisotopic (exact) mass is 374 g/mol. The van der Waals surface area contributed by atoms with Crippen LogP contribution in [0.5, 0.6) is 0 Å². The van der Waals surface area contributed by atoms with E-state index in [1.54, 1.807) is 18.7 Å². The molecule has 0 saturated carbocycles. The molecule has 1 aliphatic heterocycles. The Morgan fingerprint density at radius 1 is 1.19 bits per heavy atom. The van der Waals surface area contributed by atoms with Gasteiger partial charge in [0.25, 0.3) is 5.91 Å². The normalized spacial score (nSPS) is 17.5. The van der Waals surface area contributed by atoms with Crippen molar-refractivity contribution in [2.75, 3.05) is 19.6 Å². The van der Waals surface area contributed by atoms with Crippen molar-refractivity contribution in [3.8, 4) is 0 Å². The smallest absolute Gasteiger partial charge is 0.309 e. The summed E-state index contributed by atoms with van der Waals surface area (Å²) in [6.45, 7) is 8.60. The molecule has 1 saturated heterocycles. The number of aryl methyl sites for hydroxylation is 2. The summed E-state index contributed by atoms with van der Waals surface area (Å²) >= 11 is 0. The van der Waals surface area contributed by atoms with Gasteiger partial charge in [0.1, 0.15) is 0 Å². The number of carbonyl (C=O) groups is 3. The first-order valence-corrected chi connectivity index (χ1v) is 9.49. The predicted molar refractivity (Wildman–Crippen MR) is 104 cm³/mol. The summed E-state index contributed by atoms with van der Waals surface area (Å²) < 4.78 is 0. The fourth-order valence-electron chi connectivity index (χ4n) is 3.41. The van der Waals surface area contributed by atoms with Crippen molar-refractivity contribution in [2.45, 2.75) is 47.0 Å². The third-order valence-corrected chi connectivity index (χ3v) is 5.18. The molecule has 148 valence electrons. The van der Waals surface area contributed by atoms with Gasteiger partial charge in [0.05, 0.1) is 11.3 Å². The van der Waals surface area contributed by atoms with E-state index >= 15 is 0 Å². The zero-order chi connectivity index (χ0) is 20.2. The lowest BCUT2D eigenvalue weighted by atomic mass is 9.89. The highest BCUT2D eigenvalue weighted by Gasteiger charge is 2.30. The number of aliphatic carboxylic acids is 1. The maximum atomic E-state index is 12.8. The van der Waals surface area contributed by atoms with Gasteiger partial charge in [0.2, 0.25) is 5.91 Å². The van der Waals surface area contributed by atoms with Crippen molar-refractivity contribution >= 4 is 17.8 Å². The standard InChI is InChI=1S/C21H30N2O4/c1-14-10-15(2)12-17(11-14)19(25)23-9-5-6-16(13-23)18(24)22-8-7-21(3,4)20(26)27/h10-12,16H,5-9,13H2,1-4H3,(H,22,24)(H,26,27). The van der Waals surface area contributed by atoms with Crippen LogP contribution >= 0.6 is 0 Å². The Morgan fingerprint density at radius 3 is 2.41 bits per heavy atom. The molecule has 1 aromatic rings. The minimum absolute atomic E-state index is 0.0358. The molecule has 1 aliphatic rings. The van der Waals surface area contributed by atoms with Gasteiger partial charge in [0.15, 0.2) is 0 Å². The van der Waals surface area contributed by atoms with Crippen LogP contribution in [0.25, 0.3) is 0 Å². The van der Waals surface area contributed by atoms with E-state index in [0.29, 0.717) is 31.6 Å². The third kappa shape index (κ3) is 5.55. The summed E-state index contributed by atoms with van der Waals surface area (Å²) in [5, 5.41) is 12.0. The molecule has 1 atom stereocenters. The molecule has 0 radical (unpaired) electrons. The zero-order valence-electron chi connectivity index (χ0n) is 16.7. The van der Waals surface area contributed by atoms with Crippen LogP contribution in [-0.4, -0.2) is 47.4 Å². The van der Waals surface area contributed by atoms with Crippen LogP contribution in [0.3, 0.4) is 0 Å². The Hall–Kier alpha value is -2.37. The quantitative estimate of drug-likeness (QED) is 0.802. The third-order valence-electron chi connectivity index (χ3n) is 5.18. The number of carbonyl (C=O) groups excluding carboxylic acids is 2. The van der Waals surface area contributed by atoms with Crippen molar-refractivity contribution < 1.29 is 19.5 Å².